The van der Waals surface area contributed by atoms with Gasteiger partial charge in [-0.15, -0.1) is 0 Å². The minimum absolute atomic E-state index is 0.0324. The lowest BCUT2D eigenvalue weighted by molar-refractivity contribution is 0.0599. The van der Waals surface area contributed by atoms with Gasteiger partial charge in [0.1, 0.15) is 17.1 Å². The van der Waals surface area contributed by atoms with Crippen molar-refractivity contribution in [1.82, 2.24) is 0 Å². The Balaban J connectivity index is 2.36. The standard InChI is InChI=1S/C12H17NO3/c1-7-8(10(14)15-4)5-9(16-7)12(13)6-11(12,2)3/h5H,6,13H2,1-4H3. The molecule has 1 fully saturated rings. The lowest BCUT2D eigenvalue weighted by atomic mass is 10.0. The fraction of sp³-hybridized carbons (Fsp3) is 0.583. The fourth-order valence-corrected chi connectivity index (χ4v) is 2.09. The smallest absolute Gasteiger partial charge is 0.341 e. The van der Waals surface area contributed by atoms with E-state index in [0.29, 0.717) is 17.1 Å². The molecule has 1 saturated carbocycles. The molecule has 2 rings (SSSR count). The van der Waals surface area contributed by atoms with E-state index in [1.165, 1.54) is 7.11 Å². The first-order chi connectivity index (χ1) is 7.32. The second-order valence-electron chi connectivity index (χ2n) is 5.10. The van der Waals surface area contributed by atoms with E-state index in [4.69, 9.17) is 10.2 Å². The Bertz CT molecular complexity index is 447. The maximum absolute atomic E-state index is 11.4. The fourth-order valence-electron chi connectivity index (χ4n) is 2.09. The zero-order chi connectivity index (χ0) is 12.1. The molecule has 0 aromatic carbocycles. The summed E-state index contributed by atoms with van der Waals surface area (Å²) in [5.74, 6) is 0.860. The molecule has 0 spiro atoms. The SMILES string of the molecule is COC(=O)c1cc(C2(N)CC2(C)C)oc1C. The average molecular weight is 223 g/mol. The van der Waals surface area contributed by atoms with Gasteiger partial charge in [-0.25, -0.2) is 4.79 Å². The molecule has 0 aliphatic heterocycles. The first-order valence-electron chi connectivity index (χ1n) is 5.30. The average Bonchev–Trinajstić information content (AvgIpc) is 2.59. The molecule has 2 N–H and O–H groups in total. The van der Waals surface area contributed by atoms with Crippen molar-refractivity contribution in [1.29, 1.82) is 0 Å². The molecule has 1 heterocycles. The molecular formula is C12H17NO3. The van der Waals surface area contributed by atoms with Gasteiger partial charge in [0.25, 0.3) is 0 Å². The zero-order valence-corrected chi connectivity index (χ0v) is 10.1. The third-order valence-corrected chi connectivity index (χ3v) is 3.57. The topological polar surface area (TPSA) is 65.5 Å². The summed E-state index contributed by atoms with van der Waals surface area (Å²) in [6.07, 6.45) is 0.869. The number of nitrogens with two attached hydrogens (primary N) is 1. The lowest BCUT2D eigenvalue weighted by Crippen LogP contribution is -2.24. The summed E-state index contributed by atoms with van der Waals surface area (Å²) >= 11 is 0. The Hall–Kier alpha value is -1.29. The Morgan fingerprint density at radius 1 is 1.56 bits per heavy atom. The number of ether oxygens (including phenoxy) is 1. The van der Waals surface area contributed by atoms with Gasteiger partial charge in [-0.1, -0.05) is 13.8 Å². The molecule has 4 heteroatoms. The number of hydrogen-bond donors (Lipinski definition) is 1. The van der Waals surface area contributed by atoms with Crippen molar-refractivity contribution in [3.05, 3.63) is 23.2 Å². The Morgan fingerprint density at radius 3 is 2.56 bits per heavy atom. The Morgan fingerprint density at radius 2 is 2.12 bits per heavy atom. The summed E-state index contributed by atoms with van der Waals surface area (Å²) in [4.78, 5) is 11.4. The number of carbonyl (C=O) groups excluding carboxylic acids is 1. The molecule has 0 bridgehead atoms. The highest BCUT2D eigenvalue weighted by atomic mass is 16.5. The largest absolute Gasteiger partial charge is 0.465 e. The number of methoxy groups -OCH3 is 1. The van der Waals surface area contributed by atoms with Crippen LogP contribution in [0.25, 0.3) is 0 Å². The lowest BCUT2D eigenvalue weighted by Gasteiger charge is -2.10. The third-order valence-electron chi connectivity index (χ3n) is 3.57. The number of furan rings is 1. The van der Waals surface area contributed by atoms with Crippen LogP contribution in [0.3, 0.4) is 0 Å². The molecule has 16 heavy (non-hydrogen) atoms. The van der Waals surface area contributed by atoms with E-state index in [1.807, 2.05) is 0 Å². The molecule has 1 aliphatic rings. The minimum atomic E-state index is -0.440. The van der Waals surface area contributed by atoms with Crippen LogP contribution in [0.1, 0.15) is 42.1 Å². The van der Waals surface area contributed by atoms with Crippen molar-refractivity contribution in [2.24, 2.45) is 11.1 Å². The van der Waals surface area contributed by atoms with Crippen LogP contribution >= 0.6 is 0 Å². The van der Waals surface area contributed by atoms with Gasteiger partial charge in [-0.05, 0) is 24.8 Å². The van der Waals surface area contributed by atoms with E-state index in [2.05, 4.69) is 18.6 Å². The molecule has 88 valence electrons. The summed E-state index contributed by atoms with van der Waals surface area (Å²) in [5.41, 5.74) is 6.28. The van der Waals surface area contributed by atoms with Crippen LogP contribution in [0.15, 0.2) is 10.5 Å². The van der Waals surface area contributed by atoms with Gasteiger partial charge in [0, 0.05) is 0 Å². The number of esters is 1. The van der Waals surface area contributed by atoms with E-state index in [-0.39, 0.29) is 11.4 Å². The van der Waals surface area contributed by atoms with Crippen LogP contribution in [0.2, 0.25) is 0 Å². The van der Waals surface area contributed by atoms with Crippen molar-refractivity contribution >= 4 is 5.97 Å². The molecule has 0 radical (unpaired) electrons. The normalized spacial score (nSPS) is 26.6. The number of carbonyl (C=O) groups is 1. The predicted molar refractivity (Wildman–Crippen MR) is 59.0 cm³/mol. The second kappa shape index (κ2) is 3.10. The summed E-state index contributed by atoms with van der Waals surface area (Å²) in [7, 11) is 1.35. The summed E-state index contributed by atoms with van der Waals surface area (Å²) in [6, 6.07) is 1.70. The molecule has 0 amide bonds. The predicted octanol–water partition coefficient (Wildman–Crippen LogP) is 1.96. The van der Waals surface area contributed by atoms with Gasteiger partial charge in [0.2, 0.25) is 0 Å². The zero-order valence-electron chi connectivity index (χ0n) is 10.1. The third kappa shape index (κ3) is 1.37. The quantitative estimate of drug-likeness (QED) is 0.778. The van der Waals surface area contributed by atoms with E-state index in [9.17, 15) is 4.79 Å². The highest BCUT2D eigenvalue weighted by Crippen LogP contribution is 2.60. The second-order valence-corrected chi connectivity index (χ2v) is 5.10. The molecule has 0 saturated heterocycles. The molecule has 4 nitrogen and oxygen atoms in total. The maximum atomic E-state index is 11.4. The van der Waals surface area contributed by atoms with Gasteiger partial charge >= 0.3 is 5.97 Å². The highest BCUT2D eigenvalue weighted by molar-refractivity contribution is 5.90. The number of rotatable bonds is 2. The molecule has 1 unspecified atom stereocenters. The van der Waals surface area contributed by atoms with Gasteiger partial charge in [-0.2, -0.15) is 0 Å². The minimum Gasteiger partial charge on any atom is -0.465 e. The van der Waals surface area contributed by atoms with E-state index in [1.54, 1.807) is 13.0 Å². The molecule has 1 aliphatic carbocycles. The molecule has 1 atom stereocenters. The highest BCUT2D eigenvalue weighted by Gasteiger charge is 2.61. The van der Waals surface area contributed by atoms with Crippen LogP contribution in [-0.2, 0) is 10.3 Å². The summed E-state index contributed by atoms with van der Waals surface area (Å²) in [6.45, 7) is 5.92. The molecule has 1 aromatic rings. The summed E-state index contributed by atoms with van der Waals surface area (Å²) in [5, 5.41) is 0. The van der Waals surface area contributed by atoms with E-state index in [0.717, 1.165) is 6.42 Å². The number of aryl methyl sites for hydroxylation is 1. The number of hydrogen-bond acceptors (Lipinski definition) is 4. The van der Waals surface area contributed by atoms with Crippen molar-refractivity contribution in [2.45, 2.75) is 32.7 Å². The van der Waals surface area contributed by atoms with E-state index >= 15 is 0 Å². The van der Waals surface area contributed by atoms with Crippen molar-refractivity contribution in [2.75, 3.05) is 7.11 Å². The Kier molecular flexibility index (Phi) is 2.17. The molecule has 1 aromatic heterocycles. The Labute approximate surface area is 94.8 Å². The van der Waals surface area contributed by atoms with E-state index < -0.39 is 5.54 Å². The van der Waals surface area contributed by atoms with Gasteiger partial charge in [-0.3, -0.25) is 0 Å². The van der Waals surface area contributed by atoms with Crippen LogP contribution in [0.5, 0.6) is 0 Å². The van der Waals surface area contributed by atoms with Crippen LogP contribution in [-0.4, -0.2) is 13.1 Å². The first-order valence-corrected chi connectivity index (χ1v) is 5.30. The van der Waals surface area contributed by atoms with Crippen molar-refractivity contribution in [3.8, 4) is 0 Å². The monoisotopic (exact) mass is 223 g/mol. The molecular weight excluding hydrogens is 206 g/mol. The van der Waals surface area contributed by atoms with Crippen LogP contribution < -0.4 is 5.73 Å². The van der Waals surface area contributed by atoms with Crippen molar-refractivity contribution in [3.63, 3.8) is 0 Å². The van der Waals surface area contributed by atoms with Crippen LogP contribution in [0.4, 0.5) is 0 Å². The van der Waals surface area contributed by atoms with Gasteiger partial charge < -0.3 is 14.9 Å². The van der Waals surface area contributed by atoms with Gasteiger partial charge in [0.15, 0.2) is 0 Å². The van der Waals surface area contributed by atoms with Gasteiger partial charge in [0.05, 0.1) is 12.6 Å². The van der Waals surface area contributed by atoms with Crippen LogP contribution in [0, 0.1) is 12.3 Å². The first kappa shape index (κ1) is 11.2. The van der Waals surface area contributed by atoms with Crippen molar-refractivity contribution < 1.29 is 13.9 Å². The summed E-state index contributed by atoms with van der Waals surface area (Å²) < 4.78 is 10.3. The maximum Gasteiger partial charge on any atom is 0.341 e.